The number of hydrazone groups is 1. The van der Waals surface area contributed by atoms with E-state index in [1.165, 1.54) is 6.21 Å². The van der Waals surface area contributed by atoms with Gasteiger partial charge in [0.2, 0.25) is 5.89 Å². The largest absolute Gasteiger partial charge is 0.465 e. The van der Waals surface area contributed by atoms with Crippen LogP contribution in [0.5, 0.6) is 0 Å². The summed E-state index contributed by atoms with van der Waals surface area (Å²) in [7, 11) is 0. The molecule has 23 heavy (non-hydrogen) atoms. The Kier molecular flexibility index (Phi) is 4.39. The lowest BCUT2D eigenvalue weighted by molar-refractivity contribution is 0.0921. The molecule has 0 radical (unpaired) electrons. The van der Waals surface area contributed by atoms with Crippen molar-refractivity contribution in [3.8, 4) is 11.5 Å². The molecule has 0 saturated heterocycles. The first-order chi connectivity index (χ1) is 11.3. The predicted octanol–water partition coefficient (Wildman–Crippen LogP) is 2.76. The number of benzene rings is 1. The van der Waals surface area contributed by atoms with Crippen molar-refractivity contribution in [1.29, 1.82) is 0 Å². The zero-order chi connectivity index (χ0) is 15.9. The van der Waals surface area contributed by atoms with Gasteiger partial charge in [0.25, 0.3) is 0 Å². The predicted molar refractivity (Wildman–Crippen MR) is 83.4 cm³/mol. The number of nitrogens with one attached hydrogen (secondary N) is 1. The van der Waals surface area contributed by atoms with Crippen LogP contribution in [0.4, 0.5) is 0 Å². The standard InChI is InChI=1S/C16H12N4O3/c21-14(18-17-10-4-8-13-9-5-11-22-13)16-20-19-15(23-16)12-6-2-1-3-7-12/h1-11H,(H,18,21)/b8-4-,17-10?. The Bertz CT molecular complexity index is 820. The average Bonchev–Trinajstić information content (AvgIpc) is 3.27. The van der Waals surface area contributed by atoms with E-state index in [4.69, 9.17) is 8.83 Å². The molecule has 114 valence electrons. The van der Waals surface area contributed by atoms with Gasteiger partial charge in [-0.1, -0.05) is 18.2 Å². The van der Waals surface area contributed by atoms with Gasteiger partial charge in [0.15, 0.2) is 0 Å². The minimum Gasteiger partial charge on any atom is -0.465 e. The molecule has 3 rings (SSSR count). The lowest BCUT2D eigenvalue weighted by Gasteiger charge is -1.93. The highest BCUT2D eigenvalue weighted by atomic mass is 16.4. The maximum Gasteiger partial charge on any atom is 0.328 e. The van der Waals surface area contributed by atoms with E-state index in [1.807, 2.05) is 30.3 Å². The molecular formula is C16H12N4O3. The fourth-order valence-electron chi connectivity index (χ4n) is 1.72. The van der Waals surface area contributed by atoms with Crippen molar-refractivity contribution >= 4 is 18.2 Å². The monoisotopic (exact) mass is 308 g/mol. The SMILES string of the molecule is O=C(NN=C/C=C\c1ccco1)c1nnc(-c2ccccc2)o1. The number of amides is 1. The van der Waals surface area contributed by atoms with E-state index in [9.17, 15) is 4.79 Å². The van der Waals surface area contributed by atoms with Gasteiger partial charge in [-0.05, 0) is 36.4 Å². The fraction of sp³-hybridized carbons (Fsp3) is 0. The van der Waals surface area contributed by atoms with Crippen LogP contribution in [0.1, 0.15) is 16.4 Å². The van der Waals surface area contributed by atoms with E-state index < -0.39 is 5.91 Å². The summed E-state index contributed by atoms with van der Waals surface area (Å²) < 4.78 is 10.4. The second kappa shape index (κ2) is 6.99. The van der Waals surface area contributed by atoms with Crippen molar-refractivity contribution in [1.82, 2.24) is 15.6 Å². The summed E-state index contributed by atoms with van der Waals surface area (Å²) >= 11 is 0. The maximum absolute atomic E-state index is 11.8. The van der Waals surface area contributed by atoms with Gasteiger partial charge >= 0.3 is 11.8 Å². The Morgan fingerprint density at radius 2 is 2.00 bits per heavy atom. The van der Waals surface area contributed by atoms with Gasteiger partial charge in [-0.25, -0.2) is 5.43 Å². The summed E-state index contributed by atoms with van der Waals surface area (Å²) in [5, 5.41) is 11.3. The van der Waals surface area contributed by atoms with Crippen molar-refractivity contribution in [3.63, 3.8) is 0 Å². The second-order valence-electron chi connectivity index (χ2n) is 4.37. The van der Waals surface area contributed by atoms with Gasteiger partial charge in [0.1, 0.15) is 5.76 Å². The Balaban J connectivity index is 1.57. The molecule has 0 aliphatic heterocycles. The normalized spacial score (nSPS) is 11.3. The number of furan rings is 1. The molecule has 1 aromatic carbocycles. The summed E-state index contributed by atoms with van der Waals surface area (Å²) in [5.74, 6) is 0.225. The summed E-state index contributed by atoms with van der Waals surface area (Å²) in [6.07, 6.45) is 6.31. The van der Waals surface area contributed by atoms with Gasteiger partial charge in [-0.2, -0.15) is 5.10 Å². The lowest BCUT2D eigenvalue weighted by atomic mass is 10.2. The molecule has 2 heterocycles. The summed E-state index contributed by atoms with van der Waals surface area (Å²) in [6, 6.07) is 12.8. The molecule has 0 fully saturated rings. The fourth-order valence-corrected chi connectivity index (χ4v) is 1.72. The number of hydrogen-bond donors (Lipinski definition) is 1. The molecule has 1 amide bonds. The third-order valence-electron chi connectivity index (χ3n) is 2.77. The van der Waals surface area contributed by atoms with Crippen molar-refractivity contribution < 1.29 is 13.6 Å². The minimum atomic E-state index is -0.581. The van der Waals surface area contributed by atoms with E-state index in [0.29, 0.717) is 5.76 Å². The third kappa shape index (κ3) is 3.79. The van der Waals surface area contributed by atoms with E-state index in [2.05, 4.69) is 20.7 Å². The zero-order valence-corrected chi connectivity index (χ0v) is 11.9. The molecule has 0 unspecified atom stereocenters. The van der Waals surface area contributed by atoms with Gasteiger partial charge in [0.05, 0.1) is 6.26 Å². The van der Waals surface area contributed by atoms with Crippen LogP contribution < -0.4 is 5.43 Å². The van der Waals surface area contributed by atoms with Crippen molar-refractivity contribution in [2.24, 2.45) is 5.10 Å². The van der Waals surface area contributed by atoms with Crippen LogP contribution in [0.15, 0.2) is 68.7 Å². The first kappa shape index (κ1) is 14.5. The molecule has 0 aliphatic rings. The van der Waals surface area contributed by atoms with E-state index in [0.717, 1.165) is 5.56 Å². The molecular weight excluding hydrogens is 296 g/mol. The highest BCUT2D eigenvalue weighted by Gasteiger charge is 2.14. The number of carbonyl (C=O) groups excluding carboxylic acids is 1. The van der Waals surface area contributed by atoms with Crippen molar-refractivity contribution in [2.75, 3.05) is 0 Å². The molecule has 2 aromatic heterocycles. The van der Waals surface area contributed by atoms with Crippen LogP contribution in [0.25, 0.3) is 17.5 Å². The first-order valence-corrected chi connectivity index (χ1v) is 6.75. The molecule has 0 atom stereocenters. The van der Waals surface area contributed by atoms with Gasteiger partial charge in [-0.15, -0.1) is 10.2 Å². The highest BCUT2D eigenvalue weighted by molar-refractivity contribution is 5.90. The summed E-state index contributed by atoms with van der Waals surface area (Å²) in [5.41, 5.74) is 3.04. The van der Waals surface area contributed by atoms with Crippen molar-refractivity contribution in [2.45, 2.75) is 0 Å². The number of hydrogen-bond acceptors (Lipinski definition) is 6. The quantitative estimate of drug-likeness (QED) is 0.578. The summed E-state index contributed by atoms with van der Waals surface area (Å²) in [4.78, 5) is 11.8. The van der Waals surface area contributed by atoms with Crippen LogP contribution in [0, 0.1) is 0 Å². The average molecular weight is 308 g/mol. The van der Waals surface area contributed by atoms with E-state index in [-0.39, 0.29) is 11.8 Å². The molecule has 0 bridgehead atoms. The number of rotatable bonds is 5. The molecule has 0 saturated carbocycles. The number of carbonyl (C=O) groups is 1. The highest BCUT2D eigenvalue weighted by Crippen LogP contribution is 2.16. The van der Waals surface area contributed by atoms with Gasteiger partial charge < -0.3 is 8.83 Å². The first-order valence-electron chi connectivity index (χ1n) is 6.75. The second-order valence-corrected chi connectivity index (χ2v) is 4.37. The number of nitrogens with zero attached hydrogens (tertiary/aromatic N) is 3. The minimum absolute atomic E-state index is 0.156. The Morgan fingerprint density at radius 3 is 2.78 bits per heavy atom. The molecule has 7 heteroatoms. The van der Waals surface area contributed by atoms with Crippen LogP contribution in [-0.4, -0.2) is 22.3 Å². The summed E-state index contributed by atoms with van der Waals surface area (Å²) in [6.45, 7) is 0. The van der Waals surface area contributed by atoms with Crippen LogP contribution in [0.2, 0.25) is 0 Å². The van der Waals surface area contributed by atoms with E-state index in [1.54, 1.807) is 30.5 Å². The molecule has 7 nitrogen and oxygen atoms in total. The topological polar surface area (TPSA) is 93.5 Å². The smallest absolute Gasteiger partial charge is 0.328 e. The van der Waals surface area contributed by atoms with Gasteiger partial charge in [0, 0.05) is 11.8 Å². The van der Waals surface area contributed by atoms with Gasteiger partial charge in [-0.3, -0.25) is 4.79 Å². The third-order valence-corrected chi connectivity index (χ3v) is 2.77. The molecule has 1 N–H and O–H groups in total. The lowest BCUT2D eigenvalue weighted by Crippen LogP contribution is -2.17. The zero-order valence-electron chi connectivity index (χ0n) is 11.9. The molecule has 0 spiro atoms. The van der Waals surface area contributed by atoms with E-state index >= 15 is 0 Å². The van der Waals surface area contributed by atoms with Crippen LogP contribution in [-0.2, 0) is 0 Å². The number of allylic oxidation sites excluding steroid dienone is 1. The van der Waals surface area contributed by atoms with Crippen molar-refractivity contribution in [3.05, 3.63) is 66.5 Å². The Labute approximate surface area is 131 Å². The molecule has 0 aliphatic carbocycles. The van der Waals surface area contributed by atoms with Crippen LogP contribution >= 0.6 is 0 Å². The van der Waals surface area contributed by atoms with Crippen LogP contribution in [0.3, 0.4) is 0 Å². The Hall–Kier alpha value is -3.48. The molecule has 3 aromatic rings. The Morgan fingerprint density at radius 1 is 1.13 bits per heavy atom. The number of aromatic nitrogens is 2. The maximum atomic E-state index is 11.8.